The Morgan fingerprint density at radius 2 is 2.09 bits per heavy atom. The number of aryl methyl sites for hydroxylation is 1. The molecule has 0 spiro atoms. The smallest absolute Gasteiger partial charge is 0.326 e. The zero-order valence-corrected chi connectivity index (χ0v) is 13.1. The molecule has 1 aromatic heterocycles. The van der Waals surface area contributed by atoms with Gasteiger partial charge < -0.3 is 10.0 Å². The van der Waals surface area contributed by atoms with Gasteiger partial charge in [-0.2, -0.15) is 5.10 Å². The Kier molecular flexibility index (Phi) is 3.93. The van der Waals surface area contributed by atoms with Crippen LogP contribution in [0.15, 0.2) is 12.3 Å². The first kappa shape index (κ1) is 15.1. The highest BCUT2D eigenvalue weighted by molar-refractivity contribution is 5.88. The zero-order valence-electron chi connectivity index (χ0n) is 13.1. The molecular weight excluding hydrogens is 282 g/mol. The van der Waals surface area contributed by atoms with Crippen LogP contribution in [0.5, 0.6) is 0 Å². The van der Waals surface area contributed by atoms with Crippen molar-refractivity contribution in [2.45, 2.75) is 57.0 Å². The summed E-state index contributed by atoms with van der Waals surface area (Å²) in [5.41, 5.74) is 0.827. The number of hydrogen-bond acceptors (Lipinski definition) is 3. The third kappa shape index (κ3) is 2.40. The number of carbonyl (C=O) groups is 2. The molecule has 1 aliphatic carbocycles. The third-order valence-electron chi connectivity index (χ3n) is 5.30. The summed E-state index contributed by atoms with van der Waals surface area (Å²) in [6.45, 7) is 1.84. The van der Waals surface area contributed by atoms with Crippen LogP contribution in [0.1, 0.15) is 50.6 Å². The first-order chi connectivity index (χ1) is 10.5. The van der Waals surface area contributed by atoms with Gasteiger partial charge in [-0.25, -0.2) is 4.79 Å². The summed E-state index contributed by atoms with van der Waals surface area (Å²) in [7, 11) is 1.81. The number of aromatic nitrogens is 2. The van der Waals surface area contributed by atoms with Gasteiger partial charge in [0.05, 0.1) is 11.6 Å². The molecule has 0 bridgehead atoms. The molecule has 1 N–H and O–H groups in total. The molecule has 4 unspecified atom stereocenters. The van der Waals surface area contributed by atoms with Crippen LogP contribution in [0.3, 0.4) is 0 Å². The van der Waals surface area contributed by atoms with Crippen molar-refractivity contribution >= 4 is 11.9 Å². The first-order valence-corrected chi connectivity index (χ1v) is 8.03. The minimum Gasteiger partial charge on any atom is -0.480 e. The fourth-order valence-corrected chi connectivity index (χ4v) is 4.16. The lowest BCUT2D eigenvalue weighted by atomic mass is 9.84. The van der Waals surface area contributed by atoms with Crippen molar-refractivity contribution in [2.24, 2.45) is 13.0 Å². The lowest BCUT2D eigenvalue weighted by Crippen LogP contribution is -2.48. The van der Waals surface area contributed by atoms with E-state index in [0.717, 1.165) is 31.4 Å². The SMILES string of the molecule is CC(C(=O)N1C(C(=O)O)CC2CCCCC21)c1ccnn1C. The number of aliphatic carboxylic acids is 1. The monoisotopic (exact) mass is 305 g/mol. The maximum atomic E-state index is 13.0. The van der Waals surface area contributed by atoms with Gasteiger partial charge in [-0.1, -0.05) is 12.8 Å². The van der Waals surface area contributed by atoms with E-state index in [0.29, 0.717) is 12.3 Å². The summed E-state index contributed by atoms with van der Waals surface area (Å²) >= 11 is 0. The van der Waals surface area contributed by atoms with Crippen molar-refractivity contribution in [3.8, 4) is 0 Å². The molecule has 6 heteroatoms. The van der Waals surface area contributed by atoms with Crippen LogP contribution in [0.4, 0.5) is 0 Å². The Bertz CT molecular complexity index is 583. The molecule has 4 atom stereocenters. The summed E-state index contributed by atoms with van der Waals surface area (Å²) in [5.74, 6) is -0.974. The van der Waals surface area contributed by atoms with Gasteiger partial charge >= 0.3 is 5.97 Å². The largest absolute Gasteiger partial charge is 0.480 e. The van der Waals surface area contributed by atoms with Gasteiger partial charge in [0.2, 0.25) is 5.91 Å². The molecule has 2 heterocycles. The lowest BCUT2D eigenvalue weighted by molar-refractivity contribution is -0.150. The van der Waals surface area contributed by atoms with Gasteiger partial charge in [0.25, 0.3) is 0 Å². The fraction of sp³-hybridized carbons (Fsp3) is 0.688. The van der Waals surface area contributed by atoms with Crippen molar-refractivity contribution in [1.82, 2.24) is 14.7 Å². The Hall–Kier alpha value is -1.85. The predicted octanol–water partition coefficient (Wildman–Crippen LogP) is 1.77. The Morgan fingerprint density at radius 3 is 2.73 bits per heavy atom. The summed E-state index contributed by atoms with van der Waals surface area (Å²) in [6.07, 6.45) is 6.46. The first-order valence-electron chi connectivity index (χ1n) is 8.03. The maximum Gasteiger partial charge on any atom is 0.326 e. The molecule has 1 amide bonds. The molecule has 2 fully saturated rings. The second kappa shape index (κ2) is 5.74. The van der Waals surface area contributed by atoms with Crippen molar-refractivity contribution in [3.05, 3.63) is 18.0 Å². The van der Waals surface area contributed by atoms with Crippen molar-refractivity contribution in [1.29, 1.82) is 0 Å². The van der Waals surface area contributed by atoms with E-state index in [2.05, 4.69) is 5.10 Å². The van der Waals surface area contributed by atoms with Gasteiger partial charge in [-0.15, -0.1) is 0 Å². The number of carbonyl (C=O) groups excluding carboxylic acids is 1. The van der Waals surface area contributed by atoms with Crippen LogP contribution in [-0.4, -0.2) is 43.7 Å². The molecule has 1 saturated heterocycles. The van der Waals surface area contributed by atoms with E-state index in [1.807, 2.05) is 13.0 Å². The molecule has 120 valence electrons. The topological polar surface area (TPSA) is 75.4 Å². The molecule has 3 rings (SSSR count). The zero-order chi connectivity index (χ0) is 15.9. The molecule has 6 nitrogen and oxygen atoms in total. The van der Waals surface area contributed by atoms with Crippen LogP contribution in [-0.2, 0) is 16.6 Å². The normalized spacial score (nSPS) is 29.2. The van der Waals surface area contributed by atoms with Crippen LogP contribution in [0.25, 0.3) is 0 Å². The molecular formula is C16H23N3O3. The maximum absolute atomic E-state index is 13.0. The van der Waals surface area contributed by atoms with E-state index in [4.69, 9.17) is 0 Å². The standard InChI is InChI=1S/C16H23N3O3/c1-10(12-7-8-17-18(12)2)15(20)19-13-6-4-3-5-11(13)9-14(19)16(21)22/h7-8,10-11,13-14H,3-6,9H2,1-2H3,(H,21,22). The van der Waals surface area contributed by atoms with Gasteiger partial charge in [-0.3, -0.25) is 9.48 Å². The highest BCUT2D eigenvalue weighted by Gasteiger charge is 2.48. The molecule has 1 aliphatic heterocycles. The highest BCUT2D eigenvalue weighted by Crippen LogP contribution is 2.41. The molecule has 0 radical (unpaired) electrons. The van der Waals surface area contributed by atoms with E-state index < -0.39 is 12.0 Å². The van der Waals surface area contributed by atoms with Gasteiger partial charge in [0.1, 0.15) is 6.04 Å². The van der Waals surface area contributed by atoms with Crippen molar-refractivity contribution < 1.29 is 14.7 Å². The summed E-state index contributed by atoms with van der Waals surface area (Å²) in [4.78, 5) is 26.3. The number of amides is 1. The second-order valence-electron chi connectivity index (χ2n) is 6.55. The third-order valence-corrected chi connectivity index (χ3v) is 5.30. The van der Waals surface area contributed by atoms with Gasteiger partial charge in [0, 0.05) is 19.3 Å². The Morgan fingerprint density at radius 1 is 1.36 bits per heavy atom. The lowest BCUT2D eigenvalue weighted by Gasteiger charge is -2.34. The minimum absolute atomic E-state index is 0.0783. The predicted molar refractivity (Wildman–Crippen MR) is 80.3 cm³/mol. The summed E-state index contributed by atoms with van der Waals surface area (Å²) in [5, 5.41) is 13.6. The molecule has 0 aromatic carbocycles. The summed E-state index contributed by atoms with van der Waals surface area (Å²) in [6, 6.07) is 1.25. The van der Waals surface area contributed by atoms with Gasteiger partial charge in [-0.05, 0) is 38.2 Å². The van der Waals surface area contributed by atoms with Crippen molar-refractivity contribution in [3.63, 3.8) is 0 Å². The Labute approximate surface area is 130 Å². The molecule has 1 saturated carbocycles. The van der Waals surface area contributed by atoms with E-state index in [1.54, 1.807) is 22.8 Å². The second-order valence-corrected chi connectivity index (χ2v) is 6.55. The molecule has 1 aromatic rings. The average Bonchev–Trinajstić information content (AvgIpc) is 3.09. The number of fused-ring (bicyclic) bond motifs is 1. The number of carboxylic acids is 1. The van der Waals surface area contributed by atoms with Crippen LogP contribution >= 0.6 is 0 Å². The fourth-order valence-electron chi connectivity index (χ4n) is 4.16. The van der Waals surface area contributed by atoms with E-state index in [9.17, 15) is 14.7 Å². The van der Waals surface area contributed by atoms with Crippen LogP contribution in [0, 0.1) is 5.92 Å². The number of rotatable bonds is 3. The van der Waals surface area contributed by atoms with Crippen molar-refractivity contribution in [2.75, 3.05) is 0 Å². The number of hydrogen-bond donors (Lipinski definition) is 1. The van der Waals surface area contributed by atoms with Crippen LogP contribution < -0.4 is 0 Å². The Balaban J connectivity index is 1.87. The molecule has 22 heavy (non-hydrogen) atoms. The van der Waals surface area contributed by atoms with E-state index >= 15 is 0 Å². The number of carboxylic acid groups (broad SMARTS) is 1. The van der Waals surface area contributed by atoms with E-state index in [1.165, 1.54) is 0 Å². The molecule has 2 aliphatic rings. The number of nitrogens with zero attached hydrogens (tertiary/aromatic N) is 3. The minimum atomic E-state index is -0.875. The highest BCUT2D eigenvalue weighted by atomic mass is 16.4. The van der Waals surface area contributed by atoms with E-state index in [-0.39, 0.29) is 17.9 Å². The number of likely N-dealkylation sites (tertiary alicyclic amines) is 1. The average molecular weight is 305 g/mol. The van der Waals surface area contributed by atoms with Gasteiger partial charge in [0.15, 0.2) is 0 Å². The quantitative estimate of drug-likeness (QED) is 0.923. The summed E-state index contributed by atoms with van der Waals surface area (Å²) < 4.78 is 1.69. The van der Waals surface area contributed by atoms with Crippen LogP contribution in [0.2, 0.25) is 0 Å².